The van der Waals surface area contributed by atoms with E-state index in [0.717, 1.165) is 28.5 Å². The molecule has 51 heavy (non-hydrogen) atoms. The molecule has 0 saturated carbocycles. The SMILES string of the molecule is Cc1c(C=O)cc(CC(=O)c2c(O)cc(OCc3ccccc3)cc2OCc2ccccc2)c(OCc2ccccc2)c1OCc1ccccc1. The van der Waals surface area contributed by atoms with E-state index in [1.807, 2.05) is 121 Å². The molecule has 6 rings (SSSR count). The largest absolute Gasteiger partial charge is 0.507 e. The van der Waals surface area contributed by atoms with E-state index in [2.05, 4.69) is 0 Å². The summed E-state index contributed by atoms with van der Waals surface area (Å²) in [4.78, 5) is 26.6. The molecule has 0 aliphatic rings. The first kappa shape index (κ1) is 34.5. The number of carbonyl (C=O) groups is 2. The van der Waals surface area contributed by atoms with Crippen molar-refractivity contribution < 1.29 is 33.6 Å². The van der Waals surface area contributed by atoms with Gasteiger partial charge in [-0.2, -0.15) is 0 Å². The second kappa shape index (κ2) is 16.9. The van der Waals surface area contributed by atoms with Crippen molar-refractivity contribution in [3.63, 3.8) is 0 Å². The van der Waals surface area contributed by atoms with Crippen molar-refractivity contribution in [2.24, 2.45) is 0 Å². The monoisotopic (exact) mass is 678 g/mol. The van der Waals surface area contributed by atoms with Crippen LogP contribution in [0, 0.1) is 6.92 Å². The first-order valence-corrected chi connectivity index (χ1v) is 16.7. The number of phenolic OH excluding ortho intramolecular Hbond substituents is 1. The van der Waals surface area contributed by atoms with Crippen LogP contribution in [0.15, 0.2) is 140 Å². The fourth-order valence-corrected chi connectivity index (χ4v) is 5.65. The van der Waals surface area contributed by atoms with E-state index < -0.39 is 5.78 Å². The van der Waals surface area contributed by atoms with Crippen LogP contribution >= 0.6 is 0 Å². The lowest BCUT2D eigenvalue weighted by molar-refractivity contribution is 0.0983. The molecule has 256 valence electrons. The number of benzene rings is 6. The van der Waals surface area contributed by atoms with Gasteiger partial charge in [0.1, 0.15) is 55.5 Å². The highest BCUT2D eigenvalue weighted by Gasteiger charge is 2.25. The van der Waals surface area contributed by atoms with Crippen molar-refractivity contribution in [2.45, 2.75) is 39.8 Å². The van der Waals surface area contributed by atoms with E-state index >= 15 is 0 Å². The van der Waals surface area contributed by atoms with Gasteiger partial charge in [0, 0.05) is 35.2 Å². The summed E-state index contributed by atoms with van der Waals surface area (Å²) in [5, 5.41) is 11.4. The molecule has 0 atom stereocenters. The molecular formula is C44H38O7. The van der Waals surface area contributed by atoms with Gasteiger partial charge in [-0.25, -0.2) is 0 Å². The number of hydrogen-bond donors (Lipinski definition) is 1. The van der Waals surface area contributed by atoms with Crippen LogP contribution in [-0.4, -0.2) is 17.2 Å². The van der Waals surface area contributed by atoms with Crippen molar-refractivity contribution in [1.82, 2.24) is 0 Å². The number of ketones is 1. The molecule has 0 saturated heterocycles. The Balaban J connectivity index is 1.36. The minimum absolute atomic E-state index is 0.00742. The Hall–Kier alpha value is -6.34. The fourth-order valence-electron chi connectivity index (χ4n) is 5.65. The highest BCUT2D eigenvalue weighted by atomic mass is 16.5. The molecule has 0 aliphatic heterocycles. The van der Waals surface area contributed by atoms with Crippen molar-refractivity contribution in [1.29, 1.82) is 0 Å². The normalized spacial score (nSPS) is 10.7. The Labute approximate surface area is 297 Å². The predicted octanol–water partition coefficient (Wildman–Crippen LogP) is 9.25. The molecule has 0 spiro atoms. The van der Waals surface area contributed by atoms with Crippen LogP contribution in [0.4, 0.5) is 0 Å². The second-order valence-corrected chi connectivity index (χ2v) is 12.0. The van der Waals surface area contributed by atoms with Crippen LogP contribution in [-0.2, 0) is 32.8 Å². The minimum atomic E-state index is -0.440. The first-order chi connectivity index (χ1) is 25.0. The molecule has 1 N–H and O–H groups in total. The van der Waals surface area contributed by atoms with Crippen molar-refractivity contribution in [2.75, 3.05) is 0 Å². The molecular weight excluding hydrogens is 640 g/mol. The van der Waals surface area contributed by atoms with Gasteiger partial charge >= 0.3 is 0 Å². The predicted molar refractivity (Wildman–Crippen MR) is 196 cm³/mol. The second-order valence-electron chi connectivity index (χ2n) is 12.0. The summed E-state index contributed by atoms with van der Waals surface area (Å²) in [5.41, 5.74) is 5.06. The molecule has 0 heterocycles. The van der Waals surface area contributed by atoms with Gasteiger partial charge in [0.25, 0.3) is 0 Å². The van der Waals surface area contributed by atoms with Gasteiger partial charge < -0.3 is 24.1 Å². The fraction of sp³-hybridized carbons (Fsp3) is 0.136. The number of Topliss-reactive ketones (excluding diaryl/α,β-unsaturated/α-hetero) is 1. The molecule has 0 bridgehead atoms. The quantitative estimate of drug-likeness (QED) is 0.0806. The third-order valence-corrected chi connectivity index (χ3v) is 8.35. The van der Waals surface area contributed by atoms with E-state index in [4.69, 9.17) is 18.9 Å². The molecule has 0 aromatic heterocycles. The van der Waals surface area contributed by atoms with Gasteiger partial charge in [0.2, 0.25) is 0 Å². The Kier molecular flexibility index (Phi) is 11.4. The zero-order chi connectivity index (χ0) is 35.4. The zero-order valence-corrected chi connectivity index (χ0v) is 28.3. The molecule has 0 radical (unpaired) electrons. The highest BCUT2D eigenvalue weighted by molar-refractivity contribution is 6.03. The van der Waals surface area contributed by atoms with Gasteiger partial charge in [-0.15, -0.1) is 0 Å². The lowest BCUT2D eigenvalue weighted by atomic mass is 9.96. The molecule has 7 nitrogen and oxygen atoms in total. The number of carbonyl (C=O) groups excluding carboxylic acids is 2. The summed E-state index contributed by atoms with van der Waals surface area (Å²) < 4.78 is 25.0. The summed E-state index contributed by atoms with van der Waals surface area (Å²) in [6, 6.07) is 43.2. The van der Waals surface area contributed by atoms with Gasteiger partial charge in [0.15, 0.2) is 17.3 Å². The van der Waals surface area contributed by atoms with Gasteiger partial charge in [-0.1, -0.05) is 121 Å². The van der Waals surface area contributed by atoms with E-state index in [-0.39, 0.29) is 49.9 Å². The topological polar surface area (TPSA) is 91.3 Å². The van der Waals surface area contributed by atoms with Crippen molar-refractivity contribution >= 4 is 12.1 Å². The van der Waals surface area contributed by atoms with Gasteiger partial charge in [0.05, 0.1) is 0 Å². The standard InChI is InChI=1S/C44H38O7/c1-31-37(26-45)22-36(44(51-30-35-20-12-5-13-21-35)43(31)50-29-34-18-10-4-11-19-34)23-39(46)42-40(47)24-38(48-27-32-14-6-2-7-15-32)25-41(42)49-28-33-16-8-3-9-17-33/h2-22,24-26,47H,23,27-30H2,1H3. The average Bonchev–Trinajstić information content (AvgIpc) is 3.17. The third-order valence-electron chi connectivity index (χ3n) is 8.35. The molecule has 6 aromatic rings. The van der Waals surface area contributed by atoms with Crippen LogP contribution in [0.1, 0.15) is 54.1 Å². The third kappa shape index (κ3) is 9.02. The molecule has 0 amide bonds. The summed E-state index contributed by atoms with van der Waals surface area (Å²) >= 11 is 0. The van der Waals surface area contributed by atoms with Crippen LogP contribution in [0.3, 0.4) is 0 Å². The zero-order valence-electron chi connectivity index (χ0n) is 28.3. The maximum Gasteiger partial charge on any atom is 0.174 e. The number of rotatable bonds is 16. The van der Waals surface area contributed by atoms with Gasteiger partial charge in [-0.05, 0) is 35.2 Å². The number of hydrogen-bond acceptors (Lipinski definition) is 7. The van der Waals surface area contributed by atoms with E-state index in [0.29, 0.717) is 33.9 Å². The summed E-state index contributed by atoms with van der Waals surface area (Å²) in [7, 11) is 0. The van der Waals surface area contributed by atoms with Crippen LogP contribution in [0.5, 0.6) is 28.7 Å². The summed E-state index contributed by atoms with van der Waals surface area (Å²) in [5.74, 6) is 0.505. The van der Waals surface area contributed by atoms with Crippen LogP contribution in [0.25, 0.3) is 0 Å². The Bertz CT molecular complexity index is 2060. The Morgan fingerprint density at radius 1 is 0.588 bits per heavy atom. The lowest BCUT2D eigenvalue weighted by Crippen LogP contribution is -2.12. The maximum absolute atomic E-state index is 14.3. The first-order valence-electron chi connectivity index (χ1n) is 16.7. The molecule has 0 aliphatic carbocycles. The molecule has 7 heteroatoms. The molecule has 6 aromatic carbocycles. The molecule has 0 unspecified atom stereocenters. The highest BCUT2D eigenvalue weighted by Crippen LogP contribution is 2.41. The van der Waals surface area contributed by atoms with E-state index in [1.165, 1.54) is 6.07 Å². The lowest BCUT2D eigenvalue weighted by Gasteiger charge is -2.21. The average molecular weight is 679 g/mol. The maximum atomic E-state index is 14.3. The number of aldehydes is 1. The van der Waals surface area contributed by atoms with Crippen LogP contribution in [0.2, 0.25) is 0 Å². The van der Waals surface area contributed by atoms with E-state index in [9.17, 15) is 14.7 Å². The number of ether oxygens (including phenoxy) is 4. The van der Waals surface area contributed by atoms with Gasteiger partial charge in [-0.3, -0.25) is 9.59 Å². The van der Waals surface area contributed by atoms with Crippen LogP contribution < -0.4 is 18.9 Å². The Morgan fingerprint density at radius 3 is 1.53 bits per heavy atom. The van der Waals surface area contributed by atoms with Crippen molar-refractivity contribution in [3.05, 3.63) is 184 Å². The number of aromatic hydroxyl groups is 1. The summed E-state index contributed by atoms with van der Waals surface area (Å²) in [6.45, 7) is 2.64. The van der Waals surface area contributed by atoms with Crippen molar-refractivity contribution in [3.8, 4) is 28.7 Å². The number of phenols is 1. The molecule has 0 fully saturated rings. The Morgan fingerprint density at radius 2 is 1.04 bits per heavy atom. The van der Waals surface area contributed by atoms with E-state index in [1.54, 1.807) is 19.1 Å². The smallest absolute Gasteiger partial charge is 0.174 e. The minimum Gasteiger partial charge on any atom is -0.507 e. The summed E-state index contributed by atoms with van der Waals surface area (Å²) in [6.07, 6.45) is 0.525.